The Hall–Kier alpha value is -1.95. The molecule has 0 atom stereocenters. The van der Waals surface area contributed by atoms with Crippen molar-refractivity contribution in [1.29, 1.82) is 0 Å². The van der Waals surface area contributed by atoms with Gasteiger partial charge in [-0.15, -0.1) is 0 Å². The van der Waals surface area contributed by atoms with Crippen molar-refractivity contribution >= 4 is 21.7 Å². The van der Waals surface area contributed by atoms with E-state index >= 15 is 0 Å². The number of aromatic nitrogens is 4. The Kier molecular flexibility index (Phi) is 2.94. The van der Waals surface area contributed by atoms with Crippen molar-refractivity contribution in [2.75, 3.05) is 0 Å². The van der Waals surface area contributed by atoms with E-state index in [1.165, 1.54) is 6.33 Å². The third-order valence-corrected chi connectivity index (χ3v) is 3.59. The number of hydrogen-bond acceptors (Lipinski definition) is 4. The number of nitrogens with zero attached hydrogens (tertiary/aromatic N) is 4. The second-order valence-electron chi connectivity index (χ2n) is 4.22. The summed E-state index contributed by atoms with van der Waals surface area (Å²) >= 11 is 3.47. The minimum atomic E-state index is 0.531. The number of halogens is 1. The van der Waals surface area contributed by atoms with E-state index in [-0.39, 0.29) is 0 Å². The molecule has 1 aromatic carbocycles. The molecule has 0 saturated heterocycles. The maximum Gasteiger partial charge on any atom is 0.255 e. The molecule has 0 aliphatic heterocycles. The van der Waals surface area contributed by atoms with Crippen LogP contribution in [0, 0.1) is 13.8 Å². The molecule has 0 bridgehead atoms. The van der Waals surface area contributed by atoms with Crippen LogP contribution in [0.2, 0.25) is 0 Å². The first-order valence-electron chi connectivity index (χ1n) is 5.75. The molecule has 0 radical (unpaired) electrons. The Balaban J connectivity index is 2.04. The summed E-state index contributed by atoms with van der Waals surface area (Å²) in [6.45, 7) is 3.91. The topological polar surface area (TPSA) is 52.3 Å². The van der Waals surface area contributed by atoms with Crippen molar-refractivity contribution in [3.8, 4) is 11.6 Å². The monoisotopic (exact) mass is 318 g/mol. The SMILES string of the molecule is Cc1cc(Oc2ccc(Br)c(C)c2)n2ncnc2n1. The van der Waals surface area contributed by atoms with Gasteiger partial charge in [-0.05, 0) is 37.6 Å². The maximum atomic E-state index is 5.87. The van der Waals surface area contributed by atoms with E-state index in [2.05, 4.69) is 31.0 Å². The average molecular weight is 319 g/mol. The van der Waals surface area contributed by atoms with E-state index in [1.54, 1.807) is 4.52 Å². The number of hydrogen-bond donors (Lipinski definition) is 0. The Bertz CT molecular complexity index is 753. The Morgan fingerprint density at radius 3 is 2.84 bits per heavy atom. The summed E-state index contributed by atoms with van der Waals surface area (Å²) < 4.78 is 8.49. The number of ether oxygens (including phenoxy) is 1. The molecule has 2 heterocycles. The van der Waals surface area contributed by atoms with E-state index < -0.39 is 0 Å². The largest absolute Gasteiger partial charge is 0.439 e. The summed E-state index contributed by atoms with van der Waals surface area (Å²) in [5.41, 5.74) is 1.95. The highest BCUT2D eigenvalue weighted by Crippen LogP contribution is 2.26. The highest BCUT2D eigenvalue weighted by molar-refractivity contribution is 9.10. The smallest absolute Gasteiger partial charge is 0.255 e. The number of benzene rings is 1. The molecule has 2 aromatic heterocycles. The third-order valence-electron chi connectivity index (χ3n) is 2.70. The van der Waals surface area contributed by atoms with Gasteiger partial charge in [0.1, 0.15) is 12.1 Å². The van der Waals surface area contributed by atoms with Gasteiger partial charge < -0.3 is 4.74 Å². The van der Waals surface area contributed by atoms with Gasteiger partial charge in [-0.1, -0.05) is 15.9 Å². The first kappa shape index (κ1) is 12.1. The van der Waals surface area contributed by atoms with Crippen molar-refractivity contribution in [2.24, 2.45) is 0 Å². The summed E-state index contributed by atoms with van der Waals surface area (Å²) in [5.74, 6) is 1.88. The maximum absolute atomic E-state index is 5.87. The summed E-state index contributed by atoms with van der Waals surface area (Å²) in [6.07, 6.45) is 1.46. The van der Waals surface area contributed by atoms with Crippen LogP contribution >= 0.6 is 15.9 Å². The molecule has 5 nitrogen and oxygen atoms in total. The fourth-order valence-electron chi connectivity index (χ4n) is 1.77. The standard InChI is InChI=1S/C13H11BrN4O/c1-8-5-10(3-4-11(8)14)19-12-6-9(2)17-13-15-7-16-18(12)13/h3-7H,1-2H3. The molecule has 96 valence electrons. The summed E-state index contributed by atoms with van der Waals surface area (Å²) in [4.78, 5) is 8.34. The highest BCUT2D eigenvalue weighted by atomic mass is 79.9. The van der Waals surface area contributed by atoms with Crippen molar-refractivity contribution in [2.45, 2.75) is 13.8 Å². The molecule has 0 amide bonds. The van der Waals surface area contributed by atoms with Crippen molar-refractivity contribution < 1.29 is 4.74 Å². The molecule has 0 spiro atoms. The minimum absolute atomic E-state index is 0.531. The molecule has 6 heteroatoms. The lowest BCUT2D eigenvalue weighted by Crippen LogP contribution is -1.99. The lowest BCUT2D eigenvalue weighted by Gasteiger charge is -2.08. The molecule has 0 N–H and O–H groups in total. The zero-order valence-corrected chi connectivity index (χ0v) is 12.0. The predicted molar refractivity (Wildman–Crippen MR) is 74.5 cm³/mol. The molecule has 3 aromatic rings. The van der Waals surface area contributed by atoms with Crippen LogP contribution in [0.3, 0.4) is 0 Å². The van der Waals surface area contributed by atoms with Gasteiger partial charge in [0.25, 0.3) is 5.78 Å². The van der Waals surface area contributed by atoms with E-state index in [0.29, 0.717) is 11.7 Å². The number of aryl methyl sites for hydroxylation is 2. The Morgan fingerprint density at radius 1 is 1.21 bits per heavy atom. The van der Waals surface area contributed by atoms with Crippen LogP contribution in [0.5, 0.6) is 11.6 Å². The number of rotatable bonds is 2. The molecule has 3 rings (SSSR count). The number of fused-ring (bicyclic) bond motifs is 1. The van der Waals surface area contributed by atoms with Crippen LogP contribution in [-0.4, -0.2) is 19.6 Å². The molecular weight excluding hydrogens is 308 g/mol. The summed E-state index contributed by atoms with van der Waals surface area (Å²) in [7, 11) is 0. The third kappa shape index (κ3) is 2.31. The zero-order chi connectivity index (χ0) is 13.4. The van der Waals surface area contributed by atoms with Gasteiger partial charge in [-0.25, -0.2) is 4.98 Å². The van der Waals surface area contributed by atoms with Gasteiger partial charge in [0.15, 0.2) is 0 Å². The average Bonchev–Trinajstić information content (AvgIpc) is 2.82. The molecule has 0 fully saturated rings. The molecule has 0 aliphatic rings. The fourth-order valence-corrected chi connectivity index (χ4v) is 2.02. The van der Waals surface area contributed by atoms with E-state index in [0.717, 1.165) is 21.5 Å². The Morgan fingerprint density at radius 2 is 2.05 bits per heavy atom. The summed E-state index contributed by atoms with van der Waals surface area (Å²) in [6, 6.07) is 7.65. The second-order valence-corrected chi connectivity index (χ2v) is 5.07. The zero-order valence-electron chi connectivity index (χ0n) is 10.5. The van der Waals surface area contributed by atoms with Gasteiger partial charge in [0, 0.05) is 16.2 Å². The van der Waals surface area contributed by atoms with Gasteiger partial charge in [0.2, 0.25) is 5.88 Å². The van der Waals surface area contributed by atoms with E-state index in [1.807, 2.05) is 38.1 Å². The Labute approximate surface area is 118 Å². The minimum Gasteiger partial charge on any atom is -0.439 e. The molecule has 0 aliphatic carbocycles. The van der Waals surface area contributed by atoms with E-state index in [9.17, 15) is 0 Å². The first-order valence-corrected chi connectivity index (χ1v) is 6.54. The lowest BCUT2D eigenvalue weighted by atomic mass is 10.2. The van der Waals surface area contributed by atoms with Crippen molar-refractivity contribution in [3.05, 3.63) is 46.3 Å². The lowest BCUT2D eigenvalue weighted by molar-refractivity contribution is 0.445. The van der Waals surface area contributed by atoms with Gasteiger partial charge in [-0.2, -0.15) is 14.6 Å². The molecule has 0 unspecified atom stereocenters. The van der Waals surface area contributed by atoms with Crippen LogP contribution in [0.4, 0.5) is 0 Å². The van der Waals surface area contributed by atoms with Gasteiger partial charge >= 0.3 is 0 Å². The van der Waals surface area contributed by atoms with Crippen LogP contribution < -0.4 is 4.74 Å². The van der Waals surface area contributed by atoms with Crippen LogP contribution in [-0.2, 0) is 0 Å². The molecule has 0 saturated carbocycles. The van der Waals surface area contributed by atoms with Crippen LogP contribution in [0.15, 0.2) is 35.1 Å². The summed E-state index contributed by atoms with van der Waals surface area (Å²) in [5, 5.41) is 4.10. The van der Waals surface area contributed by atoms with Crippen molar-refractivity contribution in [3.63, 3.8) is 0 Å². The molecular formula is C13H11BrN4O. The van der Waals surface area contributed by atoms with Gasteiger partial charge in [-0.3, -0.25) is 0 Å². The fraction of sp³-hybridized carbons (Fsp3) is 0.154. The first-order chi connectivity index (χ1) is 9.13. The van der Waals surface area contributed by atoms with Gasteiger partial charge in [0.05, 0.1) is 0 Å². The quantitative estimate of drug-likeness (QED) is 0.727. The molecule has 19 heavy (non-hydrogen) atoms. The van der Waals surface area contributed by atoms with Crippen molar-refractivity contribution in [1.82, 2.24) is 19.6 Å². The van der Waals surface area contributed by atoms with E-state index in [4.69, 9.17) is 4.74 Å². The van der Waals surface area contributed by atoms with Crippen LogP contribution in [0.25, 0.3) is 5.78 Å². The normalized spacial score (nSPS) is 10.9. The van der Waals surface area contributed by atoms with Crippen LogP contribution in [0.1, 0.15) is 11.3 Å². The second kappa shape index (κ2) is 4.62. The predicted octanol–water partition coefficient (Wildman–Crippen LogP) is 3.30. The highest BCUT2D eigenvalue weighted by Gasteiger charge is 2.08.